The first-order valence-corrected chi connectivity index (χ1v) is 7.24. The van der Waals surface area contributed by atoms with Gasteiger partial charge in [-0.25, -0.2) is 0 Å². The lowest BCUT2D eigenvalue weighted by atomic mass is 10.2. The average molecular weight is 387 g/mol. The van der Waals surface area contributed by atoms with Crippen molar-refractivity contribution in [2.45, 2.75) is 6.54 Å². The lowest BCUT2D eigenvalue weighted by Crippen LogP contribution is -2.01. The molecule has 0 saturated carbocycles. The zero-order valence-corrected chi connectivity index (χ0v) is 13.5. The van der Waals surface area contributed by atoms with Crippen molar-refractivity contribution < 1.29 is 9.84 Å². The molecule has 0 aliphatic heterocycles. The van der Waals surface area contributed by atoms with Crippen LogP contribution in [0.2, 0.25) is 0 Å². The number of rotatable bonds is 4. The van der Waals surface area contributed by atoms with E-state index in [9.17, 15) is 5.11 Å². The minimum Gasteiger partial charge on any atom is -0.504 e. The van der Waals surface area contributed by atoms with Gasteiger partial charge in [-0.3, -0.25) is 0 Å². The first-order chi connectivity index (χ1) is 9.11. The van der Waals surface area contributed by atoms with E-state index >= 15 is 0 Å². The van der Waals surface area contributed by atoms with E-state index in [0.717, 1.165) is 20.2 Å². The SMILES string of the molecule is COc1ccc(CNc2c(Br)cccc2Br)cc1O. The van der Waals surface area contributed by atoms with Crippen LogP contribution in [0.25, 0.3) is 0 Å². The minimum absolute atomic E-state index is 0.146. The van der Waals surface area contributed by atoms with E-state index in [0.29, 0.717) is 12.3 Å². The smallest absolute Gasteiger partial charge is 0.160 e. The van der Waals surface area contributed by atoms with Gasteiger partial charge in [0.15, 0.2) is 11.5 Å². The van der Waals surface area contributed by atoms with Crippen molar-refractivity contribution in [3.05, 3.63) is 50.9 Å². The Kier molecular flexibility index (Phi) is 4.71. The Hall–Kier alpha value is -1.20. The molecular weight excluding hydrogens is 374 g/mol. The van der Waals surface area contributed by atoms with Crippen LogP contribution in [0.1, 0.15) is 5.56 Å². The van der Waals surface area contributed by atoms with Gasteiger partial charge in [0.2, 0.25) is 0 Å². The van der Waals surface area contributed by atoms with Crippen molar-refractivity contribution in [2.24, 2.45) is 0 Å². The van der Waals surface area contributed by atoms with E-state index in [2.05, 4.69) is 37.2 Å². The van der Waals surface area contributed by atoms with Crippen LogP contribution in [0.3, 0.4) is 0 Å². The van der Waals surface area contributed by atoms with Crippen LogP contribution in [-0.2, 0) is 6.54 Å². The van der Waals surface area contributed by atoms with Gasteiger partial charge >= 0.3 is 0 Å². The van der Waals surface area contributed by atoms with Crippen LogP contribution in [0.5, 0.6) is 11.5 Å². The topological polar surface area (TPSA) is 41.5 Å². The highest BCUT2D eigenvalue weighted by atomic mass is 79.9. The van der Waals surface area contributed by atoms with Gasteiger partial charge < -0.3 is 15.2 Å². The van der Waals surface area contributed by atoms with Crippen molar-refractivity contribution in [1.82, 2.24) is 0 Å². The fraction of sp³-hybridized carbons (Fsp3) is 0.143. The first kappa shape index (κ1) is 14.2. The Balaban J connectivity index is 2.13. The predicted molar refractivity (Wildman–Crippen MR) is 83.8 cm³/mol. The Labute approximate surface area is 128 Å². The monoisotopic (exact) mass is 385 g/mol. The molecule has 0 amide bonds. The lowest BCUT2D eigenvalue weighted by molar-refractivity contribution is 0.373. The van der Waals surface area contributed by atoms with E-state index in [4.69, 9.17) is 4.74 Å². The molecule has 0 aromatic heterocycles. The molecule has 0 unspecified atom stereocenters. The highest BCUT2D eigenvalue weighted by Gasteiger charge is 2.06. The van der Waals surface area contributed by atoms with Gasteiger partial charge in [0.25, 0.3) is 0 Å². The molecular formula is C14H13Br2NO2. The zero-order chi connectivity index (χ0) is 13.8. The Morgan fingerprint density at radius 2 is 1.84 bits per heavy atom. The maximum absolute atomic E-state index is 9.73. The number of phenols is 1. The van der Waals surface area contributed by atoms with E-state index < -0.39 is 0 Å². The molecule has 100 valence electrons. The second kappa shape index (κ2) is 6.30. The van der Waals surface area contributed by atoms with Crippen LogP contribution in [-0.4, -0.2) is 12.2 Å². The third-order valence-corrected chi connectivity index (χ3v) is 4.00. The summed E-state index contributed by atoms with van der Waals surface area (Å²) in [4.78, 5) is 0. The van der Waals surface area contributed by atoms with Gasteiger partial charge in [0.05, 0.1) is 12.8 Å². The summed E-state index contributed by atoms with van der Waals surface area (Å²) in [6.07, 6.45) is 0. The Morgan fingerprint density at radius 1 is 1.16 bits per heavy atom. The summed E-state index contributed by atoms with van der Waals surface area (Å²) in [6.45, 7) is 0.610. The maximum Gasteiger partial charge on any atom is 0.160 e. The summed E-state index contributed by atoms with van der Waals surface area (Å²) in [5.41, 5.74) is 1.96. The van der Waals surface area contributed by atoms with E-state index in [-0.39, 0.29) is 5.75 Å². The van der Waals surface area contributed by atoms with Crippen LogP contribution in [0, 0.1) is 0 Å². The largest absolute Gasteiger partial charge is 0.504 e. The Morgan fingerprint density at radius 3 is 2.42 bits per heavy atom. The molecule has 0 aliphatic carbocycles. The lowest BCUT2D eigenvalue weighted by Gasteiger charge is -2.11. The van der Waals surface area contributed by atoms with Gasteiger partial charge in [-0.1, -0.05) is 12.1 Å². The van der Waals surface area contributed by atoms with Crippen molar-refractivity contribution >= 4 is 37.5 Å². The normalized spacial score (nSPS) is 10.3. The van der Waals surface area contributed by atoms with Gasteiger partial charge in [-0.05, 0) is 61.7 Å². The number of methoxy groups -OCH3 is 1. The van der Waals surface area contributed by atoms with Crippen molar-refractivity contribution in [1.29, 1.82) is 0 Å². The molecule has 0 heterocycles. The van der Waals surface area contributed by atoms with Crippen LogP contribution >= 0.6 is 31.9 Å². The molecule has 3 nitrogen and oxygen atoms in total. The summed E-state index contributed by atoms with van der Waals surface area (Å²) in [7, 11) is 1.53. The zero-order valence-electron chi connectivity index (χ0n) is 10.3. The molecule has 0 aliphatic rings. The second-order valence-electron chi connectivity index (χ2n) is 3.96. The quantitative estimate of drug-likeness (QED) is 0.810. The number of hydrogen-bond donors (Lipinski definition) is 2. The summed E-state index contributed by atoms with van der Waals surface area (Å²) < 4.78 is 6.99. The fourth-order valence-corrected chi connectivity index (χ4v) is 2.98. The average Bonchev–Trinajstić information content (AvgIpc) is 2.38. The number of nitrogens with one attached hydrogen (secondary N) is 1. The third kappa shape index (κ3) is 3.42. The molecule has 0 atom stereocenters. The number of ether oxygens (including phenoxy) is 1. The molecule has 2 rings (SSSR count). The standard InChI is InChI=1S/C14H13Br2NO2/c1-19-13-6-5-9(7-12(13)18)8-17-14-10(15)3-2-4-11(14)16/h2-7,17-18H,8H2,1H3. The van der Waals surface area contributed by atoms with Crippen LogP contribution in [0.15, 0.2) is 45.3 Å². The van der Waals surface area contributed by atoms with Gasteiger partial charge in [0.1, 0.15) is 0 Å². The van der Waals surface area contributed by atoms with Gasteiger partial charge in [-0.15, -0.1) is 0 Å². The third-order valence-electron chi connectivity index (χ3n) is 2.68. The molecule has 0 saturated heterocycles. The first-order valence-electron chi connectivity index (χ1n) is 5.65. The minimum atomic E-state index is 0.146. The van der Waals surface area contributed by atoms with Crippen molar-refractivity contribution in [3.63, 3.8) is 0 Å². The Bertz CT molecular complexity index is 567. The highest BCUT2D eigenvalue weighted by molar-refractivity contribution is 9.11. The molecule has 0 fully saturated rings. The summed E-state index contributed by atoms with van der Waals surface area (Å²) in [6, 6.07) is 11.3. The molecule has 0 spiro atoms. The summed E-state index contributed by atoms with van der Waals surface area (Å²) in [5.74, 6) is 0.624. The van der Waals surface area contributed by atoms with Crippen LogP contribution in [0.4, 0.5) is 5.69 Å². The molecule has 2 aromatic carbocycles. The number of halogens is 2. The molecule has 0 radical (unpaired) electrons. The second-order valence-corrected chi connectivity index (χ2v) is 5.67. The van der Waals surface area contributed by atoms with Crippen molar-refractivity contribution in [3.8, 4) is 11.5 Å². The molecule has 19 heavy (non-hydrogen) atoms. The van der Waals surface area contributed by atoms with Gasteiger partial charge in [-0.2, -0.15) is 0 Å². The van der Waals surface area contributed by atoms with Gasteiger partial charge in [0, 0.05) is 15.5 Å². The van der Waals surface area contributed by atoms with Crippen molar-refractivity contribution in [2.75, 3.05) is 12.4 Å². The number of anilines is 1. The fourth-order valence-electron chi connectivity index (χ4n) is 1.70. The maximum atomic E-state index is 9.73. The van der Waals surface area contributed by atoms with E-state index in [1.54, 1.807) is 12.1 Å². The van der Waals surface area contributed by atoms with E-state index in [1.165, 1.54) is 7.11 Å². The summed E-state index contributed by atoms with van der Waals surface area (Å²) >= 11 is 6.99. The summed E-state index contributed by atoms with van der Waals surface area (Å²) in [5, 5.41) is 13.0. The molecule has 2 aromatic rings. The van der Waals surface area contributed by atoms with Crippen LogP contribution < -0.4 is 10.1 Å². The number of benzene rings is 2. The highest BCUT2D eigenvalue weighted by Crippen LogP contribution is 2.31. The number of phenolic OH excluding ortho intramolecular Hbond substituents is 1. The number of hydrogen-bond acceptors (Lipinski definition) is 3. The molecule has 2 N–H and O–H groups in total. The predicted octanol–water partition coefficient (Wildman–Crippen LogP) is 4.54. The number of para-hydroxylation sites is 1. The molecule has 0 bridgehead atoms. The number of aromatic hydroxyl groups is 1. The molecule has 5 heteroatoms. The van der Waals surface area contributed by atoms with E-state index in [1.807, 2.05) is 24.3 Å².